The van der Waals surface area contributed by atoms with Crippen molar-refractivity contribution in [2.45, 2.75) is 91.0 Å². The van der Waals surface area contributed by atoms with Crippen molar-refractivity contribution in [2.75, 3.05) is 6.61 Å². The number of carbonyl (C=O) groups is 4. The van der Waals surface area contributed by atoms with Crippen LogP contribution in [0.1, 0.15) is 65.9 Å². The van der Waals surface area contributed by atoms with Gasteiger partial charge in [0.1, 0.15) is 24.6 Å². The fourth-order valence-electron chi connectivity index (χ4n) is 8.54. The first-order chi connectivity index (χ1) is 20.0. The van der Waals surface area contributed by atoms with Gasteiger partial charge in [0.15, 0.2) is 6.29 Å². The van der Waals surface area contributed by atoms with Gasteiger partial charge in [0.2, 0.25) is 0 Å². The van der Waals surface area contributed by atoms with Crippen molar-refractivity contribution in [2.24, 2.45) is 34.5 Å². The molecule has 42 heavy (non-hydrogen) atoms. The van der Waals surface area contributed by atoms with Gasteiger partial charge in [-0.15, -0.1) is 0 Å². The fourth-order valence-corrected chi connectivity index (χ4v) is 8.54. The lowest BCUT2D eigenvalue weighted by atomic mass is 9.41. The summed E-state index contributed by atoms with van der Waals surface area (Å²) in [5.74, 6) is -2.70. The molecular formula is C33H42O9. The Morgan fingerprint density at radius 1 is 0.952 bits per heavy atom. The number of hydrogen-bond donors (Lipinski definition) is 0. The maximum absolute atomic E-state index is 13.4. The summed E-state index contributed by atoms with van der Waals surface area (Å²) in [5, 5.41) is 0. The van der Waals surface area contributed by atoms with Crippen molar-refractivity contribution in [3.05, 3.63) is 42.0 Å². The SMILES string of the molecule is CC(=O)O[C@@H]1[C@@H](C)[C@](C)([C@H]2C[C@@H]3CCO[C@H]3O2)[C@H]2[C@H](OC(C)=O)CC[C@@H](C=O)[C@]2(C)[C@H]1OC(=O)/C=C\c1ccccc1. The van der Waals surface area contributed by atoms with Crippen LogP contribution >= 0.6 is 0 Å². The zero-order chi connectivity index (χ0) is 30.2. The molecule has 0 unspecified atom stereocenters. The van der Waals surface area contributed by atoms with Crippen LogP contribution in [0.2, 0.25) is 0 Å². The van der Waals surface area contributed by atoms with Gasteiger partial charge in [-0.05, 0) is 37.3 Å². The zero-order valence-electron chi connectivity index (χ0n) is 25.0. The molecule has 0 bridgehead atoms. The third-order valence-corrected chi connectivity index (χ3v) is 10.6. The molecule has 2 saturated carbocycles. The van der Waals surface area contributed by atoms with Crippen LogP contribution < -0.4 is 0 Å². The first-order valence-electron chi connectivity index (χ1n) is 15.0. The van der Waals surface area contributed by atoms with Gasteiger partial charge < -0.3 is 28.5 Å². The molecule has 1 aromatic carbocycles. The minimum absolute atomic E-state index is 0.230. The van der Waals surface area contributed by atoms with E-state index in [9.17, 15) is 19.2 Å². The minimum Gasteiger partial charge on any atom is -0.462 e. The van der Waals surface area contributed by atoms with E-state index in [1.165, 1.54) is 19.9 Å². The van der Waals surface area contributed by atoms with Crippen LogP contribution in [0.3, 0.4) is 0 Å². The first-order valence-corrected chi connectivity index (χ1v) is 15.0. The topological polar surface area (TPSA) is 114 Å². The zero-order valence-corrected chi connectivity index (χ0v) is 25.0. The molecule has 2 aliphatic heterocycles. The highest BCUT2D eigenvalue weighted by molar-refractivity contribution is 5.87. The Kier molecular flexibility index (Phi) is 8.63. The van der Waals surface area contributed by atoms with Crippen LogP contribution in [-0.4, -0.2) is 61.5 Å². The molecule has 4 fully saturated rings. The molecule has 228 valence electrons. The normalized spacial score (nSPS) is 41.0. The summed E-state index contributed by atoms with van der Waals surface area (Å²) in [6, 6.07) is 9.35. The summed E-state index contributed by atoms with van der Waals surface area (Å²) < 4.78 is 30.6. The maximum atomic E-state index is 13.4. The molecule has 5 rings (SSSR count). The minimum atomic E-state index is -1.04. The highest BCUT2D eigenvalue weighted by Gasteiger charge is 2.72. The Balaban J connectivity index is 1.60. The molecule has 0 aromatic heterocycles. The Bertz CT molecular complexity index is 1200. The quantitative estimate of drug-likeness (QED) is 0.198. The van der Waals surface area contributed by atoms with E-state index < -0.39 is 58.9 Å². The lowest BCUT2D eigenvalue weighted by Crippen LogP contribution is -2.72. The fraction of sp³-hybridized carbons (Fsp3) is 0.636. The number of ether oxygens (including phenoxy) is 5. The van der Waals surface area contributed by atoms with Crippen molar-refractivity contribution >= 4 is 30.3 Å². The van der Waals surface area contributed by atoms with E-state index >= 15 is 0 Å². The van der Waals surface area contributed by atoms with Gasteiger partial charge in [-0.2, -0.15) is 0 Å². The van der Waals surface area contributed by atoms with Gasteiger partial charge in [-0.25, -0.2) is 4.79 Å². The van der Waals surface area contributed by atoms with Gasteiger partial charge in [0, 0.05) is 54.4 Å². The van der Waals surface area contributed by atoms with E-state index in [0.29, 0.717) is 19.4 Å². The van der Waals surface area contributed by atoms with Crippen molar-refractivity contribution in [1.29, 1.82) is 0 Å². The highest BCUT2D eigenvalue weighted by atomic mass is 16.7. The molecule has 2 heterocycles. The molecule has 9 heteroatoms. The predicted molar refractivity (Wildman–Crippen MR) is 151 cm³/mol. The van der Waals surface area contributed by atoms with Gasteiger partial charge in [-0.1, -0.05) is 51.1 Å². The van der Waals surface area contributed by atoms with E-state index in [0.717, 1.165) is 24.7 Å². The van der Waals surface area contributed by atoms with E-state index in [2.05, 4.69) is 6.92 Å². The number of benzene rings is 1. The van der Waals surface area contributed by atoms with Crippen LogP contribution in [0, 0.1) is 34.5 Å². The van der Waals surface area contributed by atoms with E-state index in [4.69, 9.17) is 23.7 Å². The standard InChI is InChI=1S/C33H42O9/c1-19-28(40-21(3)36)30(42-27(37)14-11-22-9-7-6-8-10-22)33(5)24(18-34)12-13-25(39-20(2)35)29(33)32(19,4)26-17-23-15-16-38-31(23)41-26/h6-11,14,18-19,23-26,28-31H,12-13,15-17H2,1-5H3/b14-11-/t19-,23+,24+,25-,26-,28-,29-,30+,31+,32-,33+/m1/s1. The molecule has 0 amide bonds. The van der Waals surface area contributed by atoms with Crippen LogP contribution in [0.5, 0.6) is 0 Å². The number of hydrogen-bond acceptors (Lipinski definition) is 9. The van der Waals surface area contributed by atoms with Crippen LogP contribution in [0.4, 0.5) is 0 Å². The van der Waals surface area contributed by atoms with Crippen molar-refractivity contribution in [3.63, 3.8) is 0 Å². The lowest BCUT2D eigenvalue weighted by Gasteiger charge is -2.66. The summed E-state index contributed by atoms with van der Waals surface area (Å²) in [5.41, 5.74) is -0.948. The first kappa shape index (κ1) is 30.4. The number of aldehydes is 1. The highest BCUT2D eigenvalue weighted by Crippen LogP contribution is 2.66. The summed E-state index contributed by atoms with van der Waals surface area (Å²) in [6.45, 7) is 9.32. The van der Waals surface area contributed by atoms with Crippen molar-refractivity contribution < 1.29 is 42.9 Å². The van der Waals surface area contributed by atoms with Gasteiger partial charge in [0.05, 0.1) is 12.7 Å². The molecule has 9 nitrogen and oxygen atoms in total. The molecule has 0 N–H and O–H groups in total. The maximum Gasteiger partial charge on any atom is 0.331 e. The number of carbonyl (C=O) groups excluding carboxylic acids is 4. The number of rotatable bonds is 7. The second-order valence-electron chi connectivity index (χ2n) is 12.8. The third-order valence-electron chi connectivity index (χ3n) is 10.6. The van der Waals surface area contributed by atoms with Crippen molar-refractivity contribution in [1.82, 2.24) is 0 Å². The predicted octanol–water partition coefficient (Wildman–Crippen LogP) is 4.51. The van der Waals surface area contributed by atoms with E-state index in [-0.39, 0.29) is 24.2 Å². The monoisotopic (exact) mass is 582 g/mol. The second-order valence-corrected chi connectivity index (χ2v) is 12.8. The van der Waals surface area contributed by atoms with Crippen LogP contribution in [0.15, 0.2) is 36.4 Å². The van der Waals surface area contributed by atoms with E-state index in [1.807, 2.05) is 44.2 Å². The van der Waals surface area contributed by atoms with Gasteiger partial charge in [-0.3, -0.25) is 9.59 Å². The lowest BCUT2D eigenvalue weighted by molar-refractivity contribution is -0.287. The second kappa shape index (κ2) is 11.9. The molecule has 11 atom stereocenters. The molecular weight excluding hydrogens is 540 g/mol. The summed E-state index contributed by atoms with van der Waals surface area (Å²) >= 11 is 0. The Morgan fingerprint density at radius 3 is 2.31 bits per heavy atom. The average molecular weight is 583 g/mol. The average Bonchev–Trinajstić information content (AvgIpc) is 3.56. The summed E-state index contributed by atoms with van der Waals surface area (Å²) in [7, 11) is 0. The molecule has 2 aliphatic carbocycles. The molecule has 0 radical (unpaired) electrons. The van der Waals surface area contributed by atoms with Crippen molar-refractivity contribution in [3.8, 4) is 0 Å². The summed E-state index contributed by atoms with van der Waals surface area (Å²) in [6.07, 6.45) is 3.40. The number of fused-ring (bicyclic) bond motifs is 2. The number of esters is 3. The van der Waals surface area contributed by atoms with Gasteiger partial charge in [0.25, 0.3) is 0 Å². The third kappa shape index (κ3) is 5.30. The Morgan fingerprint density at radius 2 is 1.67 bits per heavy atom. The smallest absolute Gasteiger partial charge is 0.331 e. The molecule has 4 aliphatic rings. The largest absolute Gasteiger partial charge is 0.462 e. The van der Waals surface area contributed by atoms with Gasteiger partial charge >= 0.3 is 17.9 Å². The molecule has 0 spiro atoms. The Labute approximate surface area is 247 Å². The molecule has 1 aromatic rings. The van der Waals surface area contributed by atoms with E-state index in [1.54, 1.807) is 6.08 Å². The molecule has 2 saturated heterocycles. The summed E-state index contributed by atoms with van der Waals surface area (Å²) in [4.78, 5) is 51.1. The van der Waals surface area contributed by atoms with Crippen LogP contribution in [-0.2, 0) is 42.9 Å². The van der Waals surface area contributed by atoms with Crippen LogP contribution in [0.25, 0.3) is 6.08 Å². The Hall–Kier alpha value is -3.04.